The summed E-state index contributed by atoms with van der Waals surface area (Å²) in [6.45, 7) is 2.02. The molecule has 0 aliphatic rings. The summed E-state index contributed by atoms with van der Waals surface area (Å²) >= 11 is 0. The number of hydrogen-bond acceptors (Lipinski definition) is 3. The fourth-order valence-corrected chi connectivity index (χ4v) is 1.40. The molecule has 0 aliphatic heterocycles. The maximum absolute atomic E-state index is 5.96. The third-order valence-electron chi connectivity index (χ3n) is 2.16. The maximum atomic E-state index is 5.96. The normalized spacial score (nSPS) is 12.7. The Morgan fingerprint density at radius 3 is 2.50 bits per heavy atom. The van der Waals surface area contributed by atoms with Crippen LogP contribution in [-0.4, -0.2) is 12.9 Å². The summed E-state index contributed by atoms with van der Waals surface area (Å²) < 4.78 is 0. The van der Waals surface area contributed by atoms with Crippen LogP contribution in [0.15, 0.2) is 47.1 Å². The third-order valence-corrected chi connectivity index (χ3v) is 2.16. The van der Waals surface area contributed by atoms with Crippen molar-refractivity contribution in [3.8, 4) is 0 Å². The van der Waals surface area contributed by atoms with Crippen molar-refractivity contribution in [1.82, 2.24) is 0 Å². The highest BCUT2D eigenvalue weighted by molar-refractivity contribution is 6.08. The second kappa shape index (κ2) is 5.92. The fraction of sp³-hybridized carbons (Fsp3) is 0.250. The summed E-state index contributed by atoms with van der Waals surface area (Å²) in [6.07, 6.45) is 2.75. The first kappa shape index (κ1) is 12.3. The first-order valence-corrected chi connectivity index (χ1v) is 5.23. The molecule has 1 rings (SSSR count). The molecule has 1 aromatic carbocycles. The molecule has 0 unspecified atom stereocenters. The van der Waals surface area contributed by atoms with E-state index in [2.05, 4.69) is 4.99 Å². The molecule has 0 amide bonds. The summed E-state index contributed by atoms with van der Waals surface area (Å²) in [5.74, 6) is 6.54. The molecule has 4 heteroatoms. The van der Waals surface area contributed by atoms with Crippen LogP contribution in [0.2, 0.25) is 0 Å². The Morgan fingerprint density at radius 2 is 2.00 bits per heavy atom. The average Bonchev–Trinajstić information content (AvgIpc) is 2.31. The van der Waals surface area contributed by atoms with Gasteiger partial charge in [-0.05, 0) is 18.6 Å². The van der Waals surface area contributed by atoms with Gasteiger partial charge in [-0.25, -0.2) is 5.84 Å². The number of hydrazine groups is 1. The number of para-hydroxylation sites is 1. The van der Waals surface area contributed by atoms with E-state index >= 15 is 0 Å². The van der Waals surface area contributed by atoms with E-state index in [1.807, 2.05) is 43.3 Å². The van der Waals surface area contributed by atoms with E-state index in [-0.39, 0.29) is 0 Å². The molecule has 0 spiro atoms. The van der Waals surface area contributed by atoms with E-state index in [9.17, 15) is 0 Å². The SMILES string of the molecule is CC/C=C(/N)C(=NC)N(N)c1ccccc1. The van der Waals surface area contributed by atoms with Crippen molar-refractivity contribution < 1.29 is 0 Å². The van der Waals surface area contributed by atoms with Crippen molar-refractivity contribution in [1.29, 1.82) is 0 Å². The van der Waals surface area contributed by atoms with Crippen LogP contribution in [0.1, 0.15) is 13.3 Å². The molecule has 86 valence electrons. The molecule has 0 atom stereocenters. The first-order valence-electron chi connectivity index (χ1n) is 5.23. The van der Waals surface area contributed by atoms with Gasteiger partial charge in [0.25, 0.3) is 0 Å². The molecular weight excluding hydrogens is 200 g/mol. The van der Waals surface area contributed by atoms with Gasteiger partial charge in [-0.2, -0.15) is 0 Å². The van der Waals surface area contributed by atoms with Crippen molar-refractivity contribution in [2.45, 2.75) is 13.3 Å². The number of amidine groups is 1. The zero-order chi connectivity index (χ0) is 12.0. The van der Waals surface area contributed by atoms with Crippen LogP contribution in [-0.2, 0) is 0 Å². The van der Waals surface area contributed by atoms with Crippen LogP contribution >= 0.6 is 0 Å². The Morgan fingerprint density at radius 1 is 1.38 bits per heavy atom. The molecule has 0 fully saturated rings. The molecule has 0 saturated heterocycles. The largest absolute Gasteiger partial charge is 0.396 e. The Hall–Kier alpha value is -1.81. The molecule has 0 radical (unpaired) electrons. The predicted octanol–water partition coefficient (Wildman–Crippen LogP) is 1.65. The molecule has 0 saturated carbocycles. The summed E-state index contributed by atoms with van der Waals surface area (Å²) in [4.78, 5) is 4.11. The Labute approximate surface area is 96.2 Å². The smallest absolute Gasteiger partial charge is 0.165 e. The minimum absolute atomic E-state index is 0.577. The van der Waals surface area contributed by atoms with E-state index in [4.69, 9.17) is 11.6 Å². The van der Waals surface area contributed by atoms with Crippen LogP contribution < -0.4 is 16.6 Å². The van der Waals surface area contributed by atoms with Crippen LogP contribution in [0.4, 0.5) is 5.69 Å². The molecule has 0 bridgehead atoms. The highest BCUT2D eigenvalue weighted by atomic mass is 15.4. The highest BCUT2D eigenvalue weighted by Crippen LogP contribution is 2.11. The fourth-order valence-electron chi connectivity index (χ4n) is 1.40. The lowest BCUT2D eigenvalue weighted by molar-refractivity contribution is 1.09. The van der Waals surface area contributed by atoms with Gasteiger partial charge in [0, 0.05) is 7.05 Å². The van der Waals surface area contributed by atoms with Gasteiger partial charge in [0.15, 0.2) is 5.84 Å². The van der Waals surface area contributed by atoms with Crippen LogP contribution in [0.25, 0.3) is 0 Å². The van der Waals surface area contributed by atoms with Gasteiger partial charge in [-0.15, -0.1) is 0 Å². The minimum atomic E-state index is 0.577. The van der Waals surface area contributed by atoms with E-state index in [0.29, 0.717) is 11.5 Å². The summed E-state index contributed by atoms with van der Waals surface area (Å²) in [5, 5.41) is 1.49. The van der Waals surface area contributed by atoms with Crippen LogP contribution in [0, 0.1) is 0 Å². The van der Waals surface area contributed by atoms with Gasteiger partial charge in [-0.3, -0.25) is 10.0 Å². The molecule has 0 aliphatic carbocycles. The van der Waals surface area contributed by atoms with E-state index in [1.54, 1.807) is 7.05 Å². The van der Waals surface area contributed by atoms with Gasteiger partial charge < -0.3 is 5.73 Å². The topological polar surface area (TPSA) is 67.6 Å². The van der Waals surface area contributed by atoms with Gasteiger partial charge in [0.2, 0.25) is 0 Å². The number of anilines is 1. The average molecular weight is 218 g/mol. The molecule has 1 aromatic rings. The molecule has 4 N–H and O–H groups in total. The Bertz CT molecular complexity index is 381. The predicted molar refractivity (Wildman–Crippen MR) is 69.0 cm³/mol. The summed E-state index contributed by atoms with van der Waals surface area (Å²) in [7, 11) is 1.68. The first-order chi connectivity index (χ1) is 7.70. The van der Waals surface area contributed by atoms with Gasteiger partial charge in [-0.1, -0.05) is 31.2 Å². The Kier molecular flexibility index (Phi) is 4.54. The minimum Gasteiger partial charge on any atom is -0.396 e. The lowest BCUT2D eigenvalue weighted by Gasteiger charge is -2.20. The van der Waals surface area contributed by atoms with Gasteiger partial charge in [0.05, 0.1) is 11.4 Å². The number of hydrogen-bond donors (Lipinski definition) is 2. The van der Waals surface area contributed by atoms with E-state index < -0.39 is 0 Å². The van der Waals surface area contributed by atoms with Crippen LogP contribution in [0.5, 0.6) is 0 Å². The maximum Gasteiger partial charge on any atom is 0.165 e. The van der Waals surface area contributed by atoms with Crippen molar-refractivity contribution in [2.75, 3.05) is 12.1 Å². The van der Waals surface area contributed by atoms with E-state index in [0.717, 1.165) is 12.1 Å². The number of allylic oxidation sites excluding steroid dienone is 1. The summed E-state index contributed by atoms with van der Waals surface area (Å²) in [6, 6.07) is 9.59. The third kappa shape index (κ3) is 2.84. The van der Waals surface area contributed by atoms with Gasteiger partial charge >= 0.3 is 0 Å². The molecule has 0 heterocycles. The Balaban J connectivity index is 2.96. The van der Waals surface area contributed by atoms with Crippen LogP contribution in [0.3, 0.4) is 0 Å². The molecule has 0 aromatic heterocycles. The zero-order valence-electron chi connectivity index (χ0n) is 9.72. The highest BCUT2D eigenvalue weighted by Gasteiger charge is 2.10. The lowest BCUT2D eigenvalue weighted by Crippen LogP contribution is -2.40. The second-order valence-electron chi connectivity index (χ2n) is 3.32. The monoisotopic (exact) mass is 218 g/mol. The van der Waals surface area contributed by atoms with E-state index in [1.165, 1.54) is 5.01 Å². The van der Waals surface area contributed by atoms with Crippen molar-refractivity contribution in [2.24, 2.45) is 16.6 Å². The molecule has 4 nitrogen and oxygen atoms in total. The van der Waals surface area contributed by atoms with Crippen molar-refractivity contribution in [3.63, 3.8) is 0 Å². The number of aliphatic imine (C=N–C) groups is 1. The number of rotatable bonds is 3. The number of nitrogens with zero attached hydrogens (tertiary/aromatic N) is 2. The zero-order valence-corrected chi connectivity index (χ0v) is 9.72. The van der Waals surface area contributed by atoms with Crippen molar-refractivity contribution in [3.05, 3.63) is 42.1 Å². The quantitative estimate of drug-likeness (QED) is 0.351. The standard InChI is InChI=1S/C12H18N4/c1-3-7-11(13)12(15-2)16(14)10-8-5-4-6-9-10/h4-9H,3,13-14H2,1-2H3/b11-7+,15-12?. The second-order valence-corrected chi connectivity index (χ2v) is 3.32. The number of nitrogens with two attached hydrogens (primary N) is 2. The number of benzene rings is 1. The lowest BCUT2D eigenvalue weighted by atomic mass is 10.2. The molecular formula is C12H18N4. The van der Waals surface area contributed by atoms with Gasteiger partial charge in [0.1, 0.15) is 0 Å². The molecule has 16 heavy (non-hydrogen) atoms. The summed E-state index contributed by atoms with van der Waals surface area (Å²) in [5.41, 5.74) is 7.34. The van der Waals surface area contributed by atoms with Crippen molar-refractivity contribution >= 4 is 11.5 Å².